The van der Waals surface area contributed by atoms with E-state index in [1.54, 1.807) is 24.5 Å². The Morgan fingerprint density at radius 3 is 2.52 bits per heavy atom. The van der Waals surface area contributed by atoms with Gasteiger partial charge in [-0.05, 0) is 36.4 Å². The van der Waals surface area contributed by atoms with Crippen molar-refractivity contribution in [3.8, 4) is 5.75 Å². The minimum Gasteiger partial charge on any atom is -0.497 e. The van der Waals surface area contributed by atoms with E-state index in [0.29, 0.717) is 45.0 Å². The lowest BCUT2D eigenvalue weighted by molar-refractivity contribution is -0.137. The molecule has 1 amide bonds. The van der Waals surface area contributed by atoms with Crippen molar-refractivity contribution in [2.45, 2.75) is 6.18 Å². The molecule has 0 unspecified atom stereocenters. The topological polar surface area (TPSA) is 48.9 Å². The fourth-order valence-electron chi connectivity index (χ4n) is 4.27. The molecule has 0 bridgehead atoms. The first-order chi connectivity index (χ1) is 15.8. The number of thiazole rings is 1. The van der Waals surface area contributed by atoms with Crippen molar-refractivity contribution in [1.82, 2.24) is 9.88 Å². The zero-order valence-corrected chi connectivity index (χ0v) is 18.8. The van der Waals surface area contributed by atoms with Crippen molar-refractivity contribution in [2.24, 2.45) is 5.92 Å². The Balaban J connectivity index is 1.16. The van der Waals surface area contributed by atoms with Crippen molar-refractivity contribution in [2.75, 3.05) is 56.2 Å². The zero-order chi connectivity index (χ0) is 23.2. The fraction of sp³-hybridized carbons (Fsp3) is 0.391. The number of carbonyl (C=O) groups excluding carboxylic acids is 1. The average molecular weight is 477 g/mol. The zero-order valence-electron chi connectivity index (χ0n) is 18.0. The second-order valence-corrected chi connectivity index (χ2v) is 9.30. The molecule has 0 aliphatic carbocycles. The molecule has 0 N–H and O–H groups in total. The van der Waals surface area contributed by atoms with E-state index in [4.69, 9.17) is 4.74 Å². The van der Waals surface area contributed by atoms with Crippen LogP contribution in [0, 0.1) is 5.92 Å². The summed E-state index contributed by atoms with van der Waals surface area (Å²) in [7, 11) is 1.63. The van der Waals surface area contributed by atoms with Crippen molar-refractivity contribution in [3.05, 3.63) is 48.0 Å². The third kappa shape index (κ3) is 4.31. The number of carbonyl (C=O) groups is 1. The average Bonchev–Trinajstić information content (AvgIpc) is 3.20. The number of benzene rings is 2. The van der Waals surface area contributed by atoms with E-state index in [-0.39, 0.29) is 11.8 Å². The van der Waals surface area contributed by atoms with Gasteiger partial charge >= 0.3 is 6.18 Å². The number of piperazine rings is 1. The lowest BCUT2D eigenvalue weighted by Gasteiger charge is -2.43. The molecule has 2 aliphatic heterocycles. The second-order valence-electron chi connectivity index (χ2n) is 8.29. The van der Waals surface area contributed by atoms with Gasteiger partial charge in [0.05, 0.1) is 28.8 Å². The molecule has 3 aromatic rings. The maximum absolute atomic E-state index is 13.0. The summed E-state index contributed by atoms with van der Waals surface area (Å²) in [6.45, 7) is 3.30. The van der Waals surface area contributed by atoms with Crippen LogP contribution in [0.2, 0.25) is 0 Å². The van der Waals surface area contributed by atoms with Crippen LogP contribution in [-0.4, -0.2) is 62.2 Å². The van der Waals surface area contributed by atoms with Gasteiger partial charge in [0.25, 0.3) is 0 Å². The summed E-state index contributed by atoms with van der Waals surface area (Å²) >= 11 is 1.58. The highest BCUT2D eigenvalue weighted by atomic mass is 32.1. The number of halogens is 3. The number of rotatable bonds is 4. The molecule has 33 heavy (non-hydrogen) atoms. The molecule has 0 radical (unpaired) electrons. The lowest BCUT2D eigenvalue weighted by Crippen LogP contribution is -2.58. The van der Waals surface area contributed by atoms with Crippen LogP contribution >= 0.6 is 11.3 Å². The van der Waals surface area contributed by atoms with Crippen LogP contribution in [0.3, 0.4) is 0 Å². The minimum absolute atomic E-state index is 0.0772. The maximum Gasteiger partial charge on any atom is 0.416 e. The molecule has 2 aliphatic rings. The summed E-state index contributed by atoms with van der Waals surface area (Å²) in [6, 6.07) is 11.1. The van der Waals surface area contributed by atoms with Crippen LogP contribution in [-0.2, 0) is 11.0 Å². The SMILES string of the molecule is COc1ccc2nc(N3CC(C(=O)N4CCN(c5cccc(C(F)(F)F)c5)CC4)C3)sc2c1. The minimum atomic E-state index is -4.36. The van der Waals surface area contributed by atoms with Gasteiger partial charge in [-0.1, -0.05) is 17.4 Å². The van der Waals surface area contributed by atoms with Crippen LogP contribution in [0.4, 0.5) is 24.0 Å². The first-order valence-corrected chi connectivity index (χ1v) is 11.5. The number of methoxy groups -OCH3 is 1. The number of fused-ring (bicyclic) bond motifs is 1. The monoisotopic (exact) mass is 476 g/mol. The first-order valence-electron chi connectivity index (χ1n) is 10.7. The maximum atomic E-state index is 13.0. The number of anilines is 2. The standard InChI is InChI=1S/C23H23F3N4O2S/c1-32-18-5-6-19-20(12-18)33-22(27-19)30-13-15(14-30)21(31)29-9-7-28(8-10-29)17-4-2-3-16(11-17)23(24,25)26/h2-6,11-12,15H,7-10,13-14H2,1H3. The van der Waals surface area contributed by atoms with E-state index < -0.39 is 11.7 Å². The number of hydrogen-bond acceptors (Lipinski definition) is 6. The van der Waals surface area contributed by atoms with Crippen molar-refractivity contribution < 1.29 is 22.7 Å². The Labute approximate surface area is 193 Å². The molecule has 5 rings (SSSR count). The first kappa shape index (κ1) is 21.8. The normalized spacial score (nSPS) is 17.4. The molecule has 0 spiro atoms. The van der Waals surface area contributed by atoms with Crippen LogP contribution < -0.4 is 14.5 Å². The van der Waals surface area contributed by atoms with Crippen molar-refractivity contribution in [1.29, 1.82) is 0 Å². The molecule has 1 aromatic heterocycles. The van der Waals surface area contributed by atoms with Crippen LogP contribution in [0.5, 0.6) is 5.75 Å². The largest absolute Gasteiger partial charge is 0.497 e. The molecule has 0 atom stereocenters. The summed E-state index contributed by atoms with van der Waals surface area (Å²) in [5.74, 6) is 0.822. The van der Waals surface area contributed by atoms with E-state index in [0.717, 1.165) is 27.2 Å². The van der Waals surface area contributed by atoms with Crippen LogP contribution in [0.25, 0.3) is 10.2 Å². The second kappa shape index (κ2) is 8.40. The number of ether oxygens (including phenoxy) is 1. The van der Waals surface area contributed by atoms with Gasteiger partial charge in [0.2, 0.25) is 5.91 Å². The van der Waals surface area contributed by atoms with E-state index in [2.05, 4.69) is 9.88 Å². The molecule has 6 nitrogen and oxygen atoms in total. The lowest BCUT2D eigenvalue weighted by atomic mass is 9.99. The number of aromatic nitrogens is 1. The molecule has 174 valence electrons. The fourth-order valence-corrected chi connectivity index (χ4v) is 5.28. The highest BCUT2D eigenvalue weighted by molar-refractivity contribution is 7.22. The summed E-state index contributed by atoms with van der Waals surface area (Å²) in [5, 5.41) is 0.900. The van der Waals surface area contributed by atoms with Gasteiger partial charge in [-0.2, -0.15) is 13.2 Å². The summed E-state index contributed by atoms with van der Waals surface area (Å²) < 4.78 is 45.3. The van der Waals surface area contributed by atoms with Crippen molar-refractivity contribution in [3.63, 3.8) is 0 Å². The summed E-state index contributed by atoms with van der Waals surface area (Å²) in [5.41, 5.74) is 0.803. The van der Waals surface area contributed by atoms with E-state index in [1.807, 2.05) is 28.0 Å². The predicted molar refractivity (Wildman–Crippen MR) is 122 cm³/mol. The molecule has 10 heteroatoms. The Morgan fingerprint density at radius 2 is 1.82 bits per heavy atom. The summed E-state index contributed by atoms with van der Waals surface area (Å²) in [6.07, 6.45) is -4.36. The number of hydrogen-bond donors (Lipinski definition) is 0. The molecular formula is C23H23F3N4O2S. The van der Waals surface area contributed by atoms with Crippen molar-refractivity contribution >= 4 is 38.3 Å². The van der Waals surface area contributed by atoms with E-state index in [9.17, 15) is 18.0 Å². The number of amides is 1. The molecule has 0 saturated carbocycles. The van der Waals surface area contributed by atoms with Crippen LogP contribution in [0.1, 0.15) is 5.56 Å². The van der Waals surface area contributed by atoms with Gasteiger partial charge < -0.3 is 19.4 Å². The highest BCUT2D eigenvalue weighted by Gasteiger charge is 2.38. The molecule has 2 fully saturated rings. The Hall–Kier alpha value is -3.01. The smallest absolute Gasteiger partial charge is 0.416 e. The van der Waals surface area contributed by atoms with Gasteiger partial charge in [-0.3, -0.25) is 4.79 Å². The molecule has 2 aromatic carbocycles. The van der Waals surface area contributed by atoms with E-state index in [1.165, 1.54) is 12.1 Å². The van der Waals surface area contributed by atoms with Gasteiger partial charge in [-0.25, -0.2) is 4.98 Å². The van der Waals surface area contributed by atoms with Gasteiger partial charge in [0, 0.05) is 45.0 Å². The Bertz CT molecular complexity index is 1170. The Morgan fingerprint density at radius 1 is 1.06 bits per heavy atom. The van der Waals surface area contributed by atoms with Gasteiger partial charge in [0.15, 0.2) is 5.13 Å². The molecular weight excluding hydrogens is 453 g/mol. The quantitative estimate of drug-likeness (QED) is 0.567. The van der Waals surface area contributed by atoms with E-state index >= 15 is 0 Å². The molecule has 3 heterocycles. The van der Waals surface area contributed by atoms with Crippen LogP contribution in [0.15, 0.2) is 42.5 Å². The molecule has 2 saturated heterocycles. The van der Waals surface area contributed by atoms with Gasteiger partial charge in [-0.15, -0.1) is 0 Å². The van der Waals surface area contributed by atoms with Gasteiger partial charge in [0.1, 0.15) is 5.75 Å². The Kier molecular flexibility index (Phi) is 5.55. The third-order valence-electron chi connectivity index (χ3n) is 6.22. The number of nitrogens with zero attached hydrogens (tertiary/aromatic N) is 4. The summed E-state index contributed by atoms with van der Waals surface area (Å²) in [4.78, 5) is 23.4. The predicted octanol–water partition coefficient (Wildman–Crippen LogP) is 4.11. The highest BCUT2D eigenvalue weighted by Crippen LogP contribution is 2.35. The third-order valence-corrected chi connectivity index (χ3v) is 7.29. The number of alkyl halides is 3.